The van der Waals surface area contributed by atoms with E-state index in [-0.39, 0.29) is 11.2 Å². The highest BCUT2D eigenvalue weighted by atomic mass is 16.2. The normalized spacial score (nSPS) is 11.1. The van der Waals surface area contributed by atoms with Gasteiger partial charge in [0.1, 0.15) is 0 Å². The summed E-state index contributed by atoms with van der Waals surface area (Å²) in [5.41, 5.74) is 6.58. The maximum Gasteiger partial charge on any atom is 0.331 e. The highest BCUT2D eigenvalue weighted by Gasteiger charge is 2.10. The fourth-order valence-corrected chi connectivity index (χ4v) is 2.08. The lowest BCUT2D eigenvalue weighted by molar-refractivity contribution is 0.579. The lowest BCUT2D eigenvalue weighted by Gasteiger charge is -2.10. The summed E-state index contributed by atoms with van der Waals surface area (Å²) in [7, 11) is 1.68. The molecule has 0 amide bonds. The first kappa shape index (κ1) is 12.6. The van der Waals surface area contributed by atoms with E-state index in [0.717, 1.165) is 5.56 Å². The first-order valence-corrected chi connectivity index (χ1v) is 5.96. The fourth-order valence-electron chi connectivity index (χ4n) is 2.08. The van der Waals surface area contributed by atoms with Crippen molar-refractivity contribution in [1.82, 2.24) is 9.13 Å². The molecular weight excluding hydrogens is 230 g/mol. The van der Waals surface area contributed by atoms with E-state index in [9.17, 15) is 9.59 Å². The molecular formula is C13H17N3O2. The molecule has 0 radical (unpaired) electrons. The van der Waals surface area contributed by atoms with Gasteiger partial charge >= 0.3 is 5.69 Å². The van der Waals surface area contributed by atoms with Crippen LogP contribution >= 0.6 is 0 Å². The summed E-state index contributed by atoms with van der Waals surface area (Å²) in [5.74, 6) is 0. The third-order valence-corrected chi connectivity index (χ3v) is 3.09. The Bertz CT molecular complexity index is 698. The number of aromatic nitrogens is 2. The number of nitrogens with zero attached hydrogens (tertiary/aromatic N) is 2. The molecule has 0 saturated carbocycles. The van der Waals surface area contributed by atoms with Crippen LogP contribution in [0.2, 0.25) is 0 Å². The molecule has 1 aromatic carbocycles. The van der Waals surface area contributed by atoms with Crippen LogP contribution in [0.1, 0.15) is 12.0 Å². The van der Waals surface area contributed by atoms with Gasteiger partial charge in [0.2, 0.25) is 0 Å². The van der Waals surface area contributed by atoms with Gasteiger partial charge in [-0.2, -0.15) is 0 Å². The van der Waals surface area contributed by atoms with E-state index < -0.39 is 0 Å². The molecule has 0 aliphatic heterocycles. The molecule has 5 heteroatoms. The SMILES string of the molecule is Cc1ccc2c(c1)c(=O)n(CCCN)c(=O)n2C. The van der Waals surface area contributed by atoms with E-state index in [1.165, 1.54) is 9.13 Å². The molecule has 2 aromatic rings. The molecule has 0 unspecified atom stereocenters. The maximum atomic E-state index is 12.3. The largest absolute Gasteiger partial charge is 0.331 e. The number of hydrogen-bond donors (Lipinski definition) is 1. The molecule has 0 aliphatic rings. The van der Waals surface area contributed by atoms with E-state index in [0.29, 0.717) is 30.4 Å². The molecule has 0 spiro atoms. The Hall–Kier alpha value is -1.88. The summed E-state index contributed by atoms with van der Waals surface area (Å²) in [6, 6.07) is 5.52. The Morgan fingerprint density at radius 3 is 2.67 bits per heavy atom. The van der Waals surface area contributed by atoms with Crippen molar-refractivity contribution in [2.75, 3.05) is 6.54 Å². The molecule has 2 rings (SSSR count). The van der Waals surface area contributed by atoms with Gasteiger partial charge in [-0.3, -0.25) is 13.9 Å². The first-order valence-electron chi connectivity index (χ1n) is 5.96. The first-order chi connectivity index (χ1) is 8.56. The average Bonchev–Trinajstić information content (AvgIpc) is 2.36. The highest BCUT2D eigenvalue weighted by Crippen LogP contribution is 2.09. The van der Waals surface area contributed by atoms with Gasteiger partial charge in [-0.1, -0.05) is 11.6 Å². The zero-order chi connectivity index (χ0) is 13.3. The standard InChI is InChI=1S/C13H17N3O2/c1-9-4-5-11-10(8-9)12(17)16(7-3-6-14)13(18)15(11)2/h4-5,8H,3,6-7,14H2,1-2H3. The van der Waals surface area contributed by atoms with Crippen LogP contribution in [0.5, 0.6) is 0 Å². The van der Waals surface area contributed by atoms with Gasteiger partial charge in [-0.25, -0.2) is 4.79 Å². The lowest BCUT2D eigenvalue weighted by atomic mass is 10.1. The second-order valence-corrected chi connectivity index (χ2v) is 4.46. The minimum Gasteiger partial charge on any atom is -0.330 e. The molecule has 96 valence electrons. The Balaban J connectivity index is 2.80. The quantitative estimate of drug-likeness (QED) is 0.851. The van der Waals surface area contributed by atoms with Crippen molar-refractivity contribution < 1.29 is 0 Å². The van der Waals surface area contributed by atoms with Gasteiger partial charge < -0.3 is 5.73 Å². The Morgan fingerprint density at radius 2 is 2.00 bits per heavy atom. The molecule has 0 saturated heterocycles. The summed E-state index contributed by atoms with van der Waals surface area (Å²) in [6.07, 6.45) is 0.618. The Morgan fingerprint density at radius 1 is 1.28 bits per heavy atom. The zero-order valence-corrected chi connectivity index (χ0v) is 10.6. The van der Waals surface area contributed by atoms with Crippen LogP contribution < -0.4 is 17.0 Å². The number of benzene rings is 1. The van der Waals surface area contributed by atoms with Crippen molar-refractivity contribution in [3.63, 3.8) is 0 Å². The van der Waals surface area contributed by atoms with Gasteiger partial charge in [0.05, 0.1) is 10.9 Å². The summed E-state index contributed by atoms with van der Waals surface area (Å²) < 4.78 is 2.77. The fraction of sp³-hybridized carbons (Fsp3) is 0.385. The number of aryl methyl sites for hydroxylation is 2. The van der Waals surface area contributed by atoms with Gasteiger partial charge in [-0.15, -0.1) is 0 Å². The van der Waals surface area contributed by atoms with Crippen molar-refractivity contribution in [3.8, 4) is 0 Å². The van der Waals surface area contributed by atoms with Crippen molar-refractivity contribution >= 4 is 10.9 Å². The molecule has 2 N–H and O–H groups in total. The minimum atomic E-state index is -0.287. The van der Waals surface area contributed by atoms with Crippen molar-refractivity contribution in [3.05, 3.63) is 44.6 Å². The third kappa shape index (κ3) is 1.97. The average molecular weight is 247 g/mol. The molecule has 0 fully saturated rings. The summed E-state index contributed by atoms with van der Waals surface area (Å²) in [6.45, 7) is 2.75. The summed E-state index contributed by atoms with van der Waals surface area (Å²) in [4.78, 5) is 24.3. The van der Waals surface area contributed by atoms with Crippen LogP contribution in [-0.2, 0) is 13.6 Å². The van der Waals surface area contributed by atoms with Crippen LogP contribution in [0.3, 0.4) is 0 Å². The minimum absolute atomic E-state index is 0.231. The lowest BCUT2D eigenvalue weighted by Crippen LogP contribution is -2.39. The van der Waals surface area contributed by atoms with Gasteiger partial charge in [-0.05, 0) is 32.0 Å². The van der Waals surface area contributed by atoms with Crippen molar-refractivity contribution in [2.45, 2.75) is 19.9 Å². The monoisotopic (exact) mass is 247 g/mol. The maximum absolute atomic E-state index is 12.3. The topological polar surface area (TPSA) is 70.0 Å². The molecule has 0 aliphatic carbocycles. The molecule has 0 atom stereocenters. The van der Waals surface area contributed by atoms with E-state index in [4.69, 9.17) is 5.73 Å². The van der Waals surface area contributed by atoms with E-state index in [1.807, 2.05) is 19.1 Å². The summed E-state index contributed by atoms with van der Waals surface area (Å²) >= 11 is 0. The van der Waals surface area contributed by atoms with Crippen molar-refractivity contribution in [1.29, 1.82) is 0 Å². The zero-order valence-electron chi connectivity index (χ0n) is 10.6. The molecule has 0 bridgehead atoms. The number of rotatable bonds is 3. The smallest absolute Gasteiger partial charge is 0.330 e. The van der Waals surface area contributed by atoms with Crippen LogP contribution in [-0.4, -0.2) is 15.7 Å². The predicted octanol–water partition coefficient (Wildman–Crippen LogP) is 0.357. The van der Waals surface area contributed by atoms with Crippen LogP contribution in [0.25, 0.3) is 10.9 Å². The van der Waals surface area contributed by atoms with Gasteiger partial charge in [0.15, 0.2) is 0 Å². The second-order valence-electron chi connectivity index (χ2n) is 4.46. The molecule has 5 nitrogen and oxygen atoms in total. The van der Waals surface area contributed by atoms with Crippen LogP contribution in [0, 0.1) is 6.92 Å². The number of hydrogen-bond acceptors (Lipinski definition) is 3. The molecule has 18 heavy (non-hydrogen) atoms. The number of nitrogens with two attached hydrogens (primary N) is 1. The van der Waals surface area contributed by atoms with E-state index >= 15 is 0 Å². The van der Waals surface area contributed by atoms with Crippen LogP contribution in [0.4, 0.5) is 0 Å². The third-order valence-electron chi connectivity index (χ3n) is 3.09. The Kier molecular flexibility index (Phi) is 3.34. The Labute approximate surface area is 104 Å². The highest BCUT2D eigenvalue weighted by molar-refractivity contribution is 5.78. The van der Waals surface area contributed by atoms with E-state index in [2.05, 4.69) is 0 Å². The van der Waals surface area contributed by atoms with Crippen LogP contribution in [0.15, 0.2) is 27.8 Å². The summed E-state index contributed by atoms with van der Waals surface area (Å²) in [5, 5.41) is 0.578. The molecule has 1 heterocycles. The molecule has 1 aromatic heterocycles. The van der Waals surface area contributed by atoms with Gasteiger partial charge in [0.25, 0.3) is 5.56 Å². The second kappa shape index (κ2) is 4.78. The van der Waals surface area contributed by atoms with E-state index in [1.54, 1.807) is 13.1 Å². The predicted molar refractivity (Wildman–Crippen MR) is 71.9 cm³/mol. The van der Waals surface area contributed by atoms with Gasteiger partial charge in [0, 0.05) is 13.6 Å². The van der Waals surface area contributed by atoms with Crippen molar-refractivity contribution in [2.24, 2.45) is 12.8 Å². The number of fused-ring (bicyclic) bond motifs is 1.